The first-order chi connectivity index (χ1) is 9.02. The van der Waals surface area contributed by atoms with Crippen LogP contribution >= 0.6 is 11.3 Å². The molecule has 5 N–H and O–H groups in total. The van der Waals surface area contributed by atoms with Gasteiger partial charge in [-0.1, -0.05) is 19.8 Å². The van der Waals surface area contributed by atoms with Crippen molar-refractivity contribution >= 4 is 33.9 Å². The molecule has 0 saturated carbocycles. The second-order valence-electron chi connectivity index (χ2n) is 4.04. The summed E-state index contributed by atoms with van der Waals surface area (Å²) in [5.41, 5.74) is 11.3. The highest BCUT2D eigenvalue weighted by atomic mass is 32.1. The van der Waals surface area contributed by atoms with Crippen molar-refractivity contribution in [2.24, 2.45) is 5.73 Å². The number of anilines is 2. The van der Waals surface area contributed by atoms with Gasteiger partial charge in [0.2, 0.25) is 0 Å². The summed E-state index contributed by atoms with van der Waals surface area (Å²) in [6.07, 6.45) is 3.16. The number of unbranched alkanes of at least 4 members (excludes halogenated alkanes) is 2. The Bertz CT molecular complexity index is 471. The van der Waals surface area contributed by atoms with Crippen molar-refractivity contribution < 1.29 is 14.3 Å². The Morgan fingerprint density at radius 2 is 2.05 bits per heavy atom. The van der Waals surface area contributed by atoms with Gasteiger partial charge < -0.3 is 21.5 Å². The summed E-state index contributed by atoms with van der Waals surface area (Å²) in [6, 6.07) is 0. The van der Waals surface area contributed by atoms with Gasteiger partial charge in [0.1, 0.15) is 15.4 Å². The number of thiophene rings is 1. The van der Waals surface area contributed by atoms with Crippen molar-refractivity contribution in [1.82, 2.24) is 0 Å². The zero-order valence-electron chi connectivity index (χ0n) is 11.1. The number of nitrogens with two attached hydrogens (primary N) is 2. The molecule has 1 heterocycles. The van der Waals surface area contributed by atoms with Gasteiger partial charge >= 0.3 is 5.97 Å². The third-order valence-corrected chi connectivity index (χ3v) is 3.80. The first kappa shape index (κ1) is 15.3. The van der Waals surface area contributed by atoms with Crippen molar-refractivity contribution in [3.8, 4) is 0 Å². The van der Waals surface area contributed by atoms with Crippen LogP contribution in [0.3, 0.4) is 0 Å². The Kier molecular flexibility index (Phi) is 5.62. The van der Waals surface area contributed by atoms with Gasteiger partial charge in [0.25, 0.3) is 5.91 Å². The summed E-state index contributed by atoms with van der Waals surface area (Å²) in [7, 11) is 1.27. The number of methoxy groups -OCH3 is 1. The van der Waals surface area contributed by atoms with Crippen LogP contribution in [0.2, 0.25) is 0 Å². The van der Waals surface area contributed by atoms with Crippen LogP contribution in [-0.4, -0.2) is 25.5 Å². The fourth-order valence-electron chi connectivity index (χ4n) is 1.63. The predicted molar refractivity (Wildman–Crippen MR) is 76.6 cm³/mol. The molecular formula is C12H19N3O3S. The van der Waals surface area contributed by atoms with Gasteiger partial charge in [-0.25, -0.2) is 4.79 Å². The number of nitrogen functional groups attached to an aromatic ring is 1. The largest absolute Gasteiger partial charge is 0.465 e. The van der Waals surface area contributed by atoms with E-state index in [1.807, 2.05) is 0 Å². The number of hydrogen-bond acceptors (Lipinski definition) is 6. The van der Waals surface area contributed by atoms with E-state index >= 15 is 0 Å². The Balaban J connectivity index is 2.97. The maximum absolute atomic E-state index is 11.7. The van der Waals surface area contributed by atoms with Crippen molar-refractivity contribution in [3.63, 3.8) is 0 Å². The van der Waals surface area contributed by atoms with Crippen LogP contribution in [0.15, 0.2) is 0 Å². The first-order valence-electron chi connectivity index (χ1n) is 6.07. The predicted octanol–water partition coefficient (Wildman–Crippen LogP) is 1.82. The van der Waals surface area contributed by atoms with Crippen LogP contribution in [0.1, 0.15) is 46.2 Å². The minimum Gasteiger partial charge on any atom is -0.465 e. The molecule has 0 aliphatic heterocycles. The maximum atomic E-state index is 11.7. The second kappa shape index (κ2) is 6.98. The quantitative estimate of drug-likeness (QED) is 0.523. The van der Waals surface area contributed by atoms with Crippen LogP contribution in [0.5, 0.6) is 0 Å². The normalized spacial score (nSPS) is 10.2. The summed E-state index contributed by atoms with van der Waals surface area (Å²) < 4.78 is 4.67. The van der Waals surface area contributed by atoms with Crippen molar-refractivity contribution in [1.29, 1.82) is 0 Å². The molecule has 0 aliphatic carbocycles. The Hall–Kier alpha value is -1.76. The highest BCUT2D eigenvalue weighted by molar-refractivity contribution is 7.19. The van der Waals surface area contributed by atoms with Gasteiger partial charge in [-0.3, -0.25) is 4.79 Å². The van der Waals surface area contributed by atoms with E-state index in [1.165, 1.54) is 7.11 Å². The molecule has 0 aliphatic rings. The van der Waals surface area contributed by atoms with E-state index in [4.69, 9.17) is 11.5 Å². The van der Waals surface area contributed by atoms with Crippen LogP contribution in [-0.2, 0) is 4.74 Å². The molecule has 0 saturated heterocycles. The number of nitrogens with one attached hydrogen (secondary N) is 1. The number of primary amides is 1. The van der Waals surface area contributed by atoms with Crippen molar-refractivity contribution in [2.45, 2.75) is 26.2 Å². The minimum atomic E-state index is -0.644. The molecule has 106 valence electrons. The molecule has 0 radical (unpaired) electrons. The average molecular weight is 285 g/mol. The third-order valence-electron chi connectivity index (χ3n) is 2.62. The van der Waals surface area contributed by atoms with Crippen LogP contribution in [0.4, 0.5) is 10.7 Å². The van der Waals surface area contributed by atoms with Gasteiger partial charge in [-0.2, -0.15) is 0 Å². The SMILES string of the molecule is CCCCCNc1sc(C(N)=O)c(N)c1C(=O)OC. The Labute approximate surface area is 116 Å². The molecule has 0 bridgehead atoms. The molecule has 1 aromatic rings. The Morgan fingerprint density at radius 1 is 1.37 bits per heavy atom. The number of carbonyl (C=O) groups excluding carboxylic acids is 2. The summed E-state index contributed by atoms with van der Waals surface area (Å²) in [5.74, 6) is -1.21. The van der Waals surface area contributed by atoms with Gasteiger partial charge in [-0.05, 0) is 6.42 Å². The van der Waals surface area contributed by atoms with Crippen molar-refractivity contribution in [2.75, 3.05) is 24.7 Å². The maximum Gasteiger partial charge on any atom is 0.343 e. The zero-order chi connectivity index (χ0) is 14.4. The first-order valence-corrected chi connectivity index (χ1v) is 6.88. The number of ether oxygens (including phenoxy) is 1. The summed E-state index contributed by atoms with van der Waals surface area (Å²) in [4.78, 5) is 23.1. The molecule has 19 heavy (non-hydrogen) atoms. The fraction of sp³-hybridized carbons (Fsp3) is 0.500. The lowest BCUT2D eigenvalue weighted by atomic mass is 10.2. The Morgan fingerprint density at radius 3 is 2.58 bits per heavy atom. The van der Waals surface area contributed by atoms with Gasteiger partial charge in [0.05, 0.1) is 12.8 Å². The van der Waals surface area contributed by atoms with E-state index in [1.54, 1.807) is 0 Å². The minimum absolute atomic E-state index is 0.0855. The fourth-order valence-corrected chi connectivity index (χ4v) is 2.62. The van der Waals surface area contributed by atoms with E-state index < -0.39 is 11.9 Å². The topological polar surface area (TPSA) is 107 Å². The van der Waals surface area contributed by atoms with Gasteiger partial charge in [0, 0.05) is 6.54 Å². The lowest BCUT2D eigenvalue weighted by molar-refractivity contribution is 0.0603. The molecular weight excluding hydrogens is 266 g/mol. The van der Waals surface area contributed by atoms with Crippen molar-refractivity contribution in [3.05, 3.63) is 10.4 Å². The number of carbonyl (C=O) groups is 2. The highest BCUT2D eigenvalue weighted by Crippen LogP contribution is 2.35. The standard InChI is InChI=1S/C12H19N3O3S/c1-3-4-5-6-15-11-7(12(17)18-2)8(13)9(19-11)10(14)16/h15H,3-6,13H2,1-2H3,(H2,14,16). The van der Waals surface area contributed by atoms with E-state index in [0.717, 1.165) is 30.6 Å². The number of esters is 1. The number of amides is 1. The van der Waals surface area contributed by atoms with E-state index in [0.29, 0.717) is 11.5 Å². The zero-order valence-corrected chi connectivity index (χ0v) is 11.9. The smallest absolute Gasteiger partial charge is 0.343 e. The lowest BCUT2D eigenvalue weighted by Gasteiger charge is -2.06. The second-order valence-corrected chi connectivity index (χ2v) is 5.06. The van der Waals surface area contributed by atoms with Crippen LogP contribution < -0.4 is 16.8 Å². The number of hydrogen-bond donors (Lipinski definition) is 3. The van der Waals surface area contributed by atoms with E-state index in [-0.39, 0.29) is 16.1 Å². The van der Waals surface area contributed by atoms with Gasteiger partial charge in [0.15, 0.2) is 0 Å². The van der Waals surface area contributed by atoms with Gasteiger partial charge in [-0.15, -0.1) is 11.3 Å². The van der Waals surface area contributed by atoms with Crippen LogP contribution in [0.25, 0.3) is 0 Å². The molecule has 0 atom stereocenters. The summed E-state index contributed by atoms with van der Waals surface area (Å²) >= 11 is 1.08. The molecule has 1 aromatic heterocycles. The summed E-state index contributed by atoms with van der Waals surface area (Å²) in [6.45, 7) is 2.81. The molecule has 0 unspecified atom stereocenters. The highest BCUT2D eigenvalue weighted by Gasteiger charge is 2.24. The van der Waals surface area contributed by atoms with E-state index in [9.17, 15) is 9.59 Å². The molecule has 6 nitrogen and oxygen atoms in total. The molecule has 1 rings (SSSR count). The third kappa shape index (κ3) is 3.60. The summed E-state index contributed by atoms with van der Waals surface area (Å²) in [5, 5.41) is 3.65. The number of rotatable bonds is 7. The monoisotopic (exact) mass is 285 g/mol. The van der Waals surface area contributed by atoms with E-state index in [2.05, 4.69) is 17.0 Å². The molecule has 0 fully saturated rings. The van der Waals surface area contributed by atoms with Crippen LogP contribution in [0, 0.1) is 0 Å². The lowest BCUT2D eigenvalue weighted by Crippen LogP contribution is -2.13. The molecule has 7 heteroatoms. The molecule has 0 spiro atoms. The average Bonchev–Trinajstić information content (AvgIpc) is 2.71. The molecule has 1 amide bonds. The molecule has 0 aromatic carbocycles.